The summed E-state index contributed by atoms with van der Waals surface area (Å²) in [4.78, 5) is 17.7. The zero-order chi connectivity index (χ0) is 23.4. The minimum absolute atomic E-state index is 0.181. The molecule has 3 nitrogen and oxygen atoms in total. The summed E-state index contributed by atoms with van der Waals surface area (Å²) in [6.07, 6.45) is 4.66. The first kappa shape index (κ1) is 23.3. The molecule has 0 radical (unpaired) electrons. The van der Waals surface area contributed by atoms with Gasteiger partial charge >= 0.3 is 0 Å². The zero-order valence-electron chi connectivity index (χ0n) is 19.7. The summed E-state index contributed by atoms with van der Waals surface area (Å²) < 4.78 is 1.01. The van der Waals surface area contributed by atoms with Gasteiger partial charge < -0.3 is 9.80 Å². The molecule has 1 spiro atoms. The van der Waals surface area contributed by atoms with E-state index in [2.05, 4.69) is 86.4 Å². The zero-order valence-corrected chi connectivity index (χ0v) is 21.3. The molecule has 3 aromatic rings. The maximum absolute atomic E-state index is 13.0. The van der Waals surface area contributed by atoms with Crippen molar-refractivity contribution in [3.05, 3.63) is 106 Å². The van der Waals surface area contributed by atoms with E-state index in [-0.39, 0.29) is 5.91 Å². The Bertz CT molecular complexity index is 1040. The molecule has 5 rings (SSSR count). The minimum atomic E-state index is 0.181. The highest BCUT2D eigenvalue weighted by molar-refractivity contribution is 9.10. The number of nitrogens with zero attached hydrogens (tertiary/aromatic N) is 2. The van der Waals surface area contributed by atoms with E-state index in [1.54, 1.807) is 0 Å². The first-order valence-corrected chi connectivity index (χ1v) is 13.3. The number of carbonyl (C=O) groups excluding carboxylic acids is 1. The Morgan fingerprint density at radius 2 is 1.35 bits per heavy atom. The summed E-state index contributed by atoms with van der Waals surface area (Å²) in [6, 6.07) is 29.6. The number of halogens is 1. The lowest BCUT2D eigenvalue weighted by molar-refractivity contribution is 0.0718. The highest BCUT2D eigenvalue weighted by Crippen LogP contribution is 2.41. The second kappa shape index (κ2) is 10.5. The normalized spacial score (nSPS) is 18.0. The number of amides is 1. The van der Waals surface area contributed by atoms with Gasteiger partial charge in [0.15, 0.2) is 0 Å². The van der Waals surface area contributed by atoms with E-state index < -0.39 is 0 Å². The van der Waals surface area contributed by atoms with Crippen LogP contribution in [0.4, 0.5) is 0 Å². The van der Waals surface area contributed by atoms with Crippen molar-refractivity contribution < 1.29 is 4.79 Å². The molecule has 0 N–H and O–H groups in total. The van der Waals surface area contributed by atoms with Crippen LogP contribution in [-0.4, -0.2) is 48.4 Å². The van der Waals surface area contributed by atoms with Crippen LogP contribution in [0.3, 0.4) is 0 Å². The van der Waals surface area contributed by atoms with E-state index in [0.29, 0.717) is 11.3 Å². The standard InChI is InChI=1S/C30H33BrN2O/c31-27-13-11-26(12-14-27)29(34)33-22-18-30(23-33)16-20-32(21-17-30)19-15-28(24-7-3-1-4-8-24)25-9-5-2-6-10-25/h1-14,28H,15-23H2. The molecule has 2 saturated heterocycles. The summed E-state index contributed by atoms with van der Waals surface area (Å²) in [5.41, 5.74) is 3.91. The summed E-state index contributed by atoms with van der Waals surface area (Å²) >= 11 is 3.46. The molecule has 0 unspecified atom stereocenters. The highest BCUT2D eigenvalue weighted by Gasteiger charge is 2.42. The van der Waals surface area contributed by atoms with Gasteiger partial charge in [-0.15, -0.1) is 0 Å². The molecule has 2 heterocycles. The van der Waals surface area contributed by atoms with E-state index in [0.717, 1.165) is 55.6 Å². The maximum Gasteiger partial charge on any atom is 0.253 e. The smallest absolute Gasteiger partial charge is 0.253 e. The van der Waals surface area contributed by atoms with Gasteiger partial charge in [0.05, 0.1) is 0 Å². The molecule has 0 aromatic heterocycles. The van der Waals surface area contributed by atoms with Crippen LogP contribution < -0.4 is 0 Å². The number of rotatable bonds is 6. The number of benzene rings is 3. The number of carbonyl (C=O) groups is 1. The monoisotopic (exact) mass is 516 g/mol. The Hall–Kier alpha value is -2.43. The molecule has 4 heteroatoms. The topological polar surface area (TPSA) is 23.6 Å². The molecule has 1 amide bonds. The summed E-state index contributed by atoms with van der Waals surface area (Å²) in [7, 11) is 0. The van der Waals surface area contributed by atoms with E-state index in [1.807, 2.05) is 24.3 Å². The van der Waals surface area contributed by atoms with Crippen LogP contribution in [-0.2, 0) is 0 Å². The Morgan fingerprint density at radius 1 is 0.794 bits per heavy atom. The second-order valence-electron chi connectivity index (χ2n) is 9.99. The SMILES string of the molecule is O=C(c1ccc(Br)cc1)N1CCC2(CCN(CCC(c3ccccc3)c3ccccc3)CC2)C1. The van der Waals surface area contributed by atoms with Crippen LogP contribution >= 0.6 is 15.9 Å². The number of hydrogen-bond donors (Lipinski definition) is 0. The fourth-order valence-corrected chi connectivity index (χ4v) is 6.02. The number of piperidine rings is 1. The average molecular weight is 518 g/mol. The highest BCUT2D eigenvalue weighted by atomic mass is 79.9. The molecule has 176 valence electrons. The minimum Gasteiger partial charge on any atom is -0.338 e. The summed E-state index contributed by atoms with van der Waals surface area (Å²) in [5, 5.41) is 0. The van der Waals surface area contributed by atoms with Crippen molar-refractivity contribution in [2.24, 2.45) is 5.41 Å². The van der Waals surface area contributed by atoms with Gasteiger partial charge in [0.1, 0.15) is 0 Å². The molecule has 34 heavy (non-hydrogen) atoms. The van der Waals surface area contributed by atoms with Crippen LogP contribution in [0.25, 0.3) is 0 Å². The van der Waals surface area contributed by atoms with Gasteiger partial charge in [-0.05, 0) is 86.1 Å². The third-order valence-electron chi connectivity index (χ3n) is 7.87. The lowest BCUT2D eigenvalue weighted by atomic mass is 9.77. The van der Waals surface area contributed by atoms with Crippen LogP contribution in [0.15, 0.2) is 89.4 Å². The van der Waals surface area contributed by atoms with Gasteiger partial charge in [-0.3, -0.25) is 4.79 Å². The largest absolute Gasteiger partial charge is 0.338 e. The van der Waals surface area contributed by atoms with Gasteiger partial charge in [0.2, 0.25) is 0 Å². The van der Waals surface area contributed by atoms with Crippen LogP contribution in [0.1, 0.15) is 53.1 Å². The van der Waals surface area contributed by atoms with Crippen molar-refractivity contribution in [1.29, 1.82) is 0 Å². The van der Waals surface area contributed by atoms with Crippen molar-refractivity contribution in [2.75, 3.05) is 32.7 Å². The molecule has 2 fully saturated rings. The molecule has 2 aliphatic rings. The predicted molar refractivity (Wildman–Crippen MR) is 142 cm³/mol. The number of likely N-dealkylation sites (tertiary alicyclic amines) is 2. The third-order valence-corrected chi connectivity index (χ3v) is 8.40. The Balaban J connectivity index is 1.17. The Kier molecular flexibility index (Phi) is 7.17. The van der Waals surface area contributed by atoms with Gasteiger partial charge in [0, 0.05) is 29.0 Å². The second-order valence-corrected chi connectivity index (χ2v) is 10.9. The van der Waals surface area contributed by atoms with E-state index in [1.165, 1.54) is 24.0 Å². The first-order chi connectivity index (χ1) is 16.6. The fraction of sp³-hybridized carbons (Fsp3) is 0.367. The first-order valence-electron chi connectivity index (χ1n) is 12.5. The average Bonchev–Trinajstić information content (AvgIpc) is 3.30. The molecule has 0 atom stereocenters. The molecule has 3 aromatic carbocycles. The molecule has 0 saturated carbocycles. The van der Waals surface area contributed by atoms with Crippen molar-refractivity contribution in [3.63, 3.8) is 0 Å². The lowest BCUT2D eigenvalue weighted by Gasteiger charge is -2.39. The fourth-order valence-electron chi connectivity index (χ4n) is 5.75. The third kappa shape index (κ3) is 5.29. The van der Waals surface area contributed by atoms with E-state index in [9.17, 15) is 4.79 Å². The lowest BCUT2D eigenvalue weighted by Crippen LogP contribution is -2.42. The summed E-state index contributed by atoms with van der Waals surface area (Å²) in [6.45, 7) is 5.19. The molecule has 0 aliphatic carbocycles. The van der Waals surface area contributed by atoms with E-state index in [4.69, 9.17) is 0 Å². The molecule has 0 bridgehead atoms. The number of hydrogen-bond acceptors (Lipinski definition) is 2. The Morgan fingerprint density at radius 3 is 1.94 bits per heavy atom. The molecular weight excluding hydrogens is 484 g/mol. The molecule has 2 aliphatic heterocycles. The summed E-state index contributed by atoms with van der Waals surface area (Å²) in [5.74, 6) is 0.615. The van der Waals surface area contributed by atoms with Gasteiger partial charge in [-0.1, -0.05) is 76.6 Å². The van der Waals surface area contributed by atoms with Crippen molar-refractivity contribution >= 4 is 21.8 Å². The van der Waals surface area contributed by atoms with Crippen molar-refractivity contribution in [3.8, 4) is 0 Å². The quantitative estimate of drug-likeness (QED) is 0.368. The van der Waals surface area contributed by atoms with Crippen molar-refractivity contribution in [1.82, 2.24) is 9.80 Å². The molecular formula is C30H33BrN2O. The van der Waals surface area contributed by atoms with E-state index >= 15 is 0 Å². The van der Waals surface area contributed by atoms with Gasteiger partial charge in [-0.2, -0.15) is 0 Å². The van der Waals surface area contributed by atoms with Gasteiger partial charge in [0.25, 0.3) is 5.91 Å². The van der Waals surface area contributed by atoms with Gasteiger partial charge in [-0.25, -0.2) is 0 Å². The predicted octanol–water partition coefficient (Wildman–Crippen LogP) is 6.60. The van der Waals surface area contributed by atoms with Crippen LogP contribution in [0, 0.1) is 5.41 Å². The Labute approximate surface area is 211 Å². The maximum atomic E-state index is 13.0. The van der Waals surface area contributed by atoms with Crippen molar-refractivity contribution in [2.45, 2.75) is 31.6 Å². The van der Waals surface area contributed by atoms with Crippen LogP contribution in [0.5, 0.6) is 0 Å². The van der Waals surface area contributed by atoms with Crippen LogP contribution in [0.2, 0.25) is 0 Å².